The van der Waals surface area contributed by atoms with Crippen molar-refractivity contribution in [1.82, 2.24) is 19.4 Å². The van der Waals surface area contributed by atoms with Gasteiger partial charge in [0.05, 0.1) is 12.8 Å². The van der Waals surface area contributed by atoms with Crippen LogP contribution in [0.25, 0.3) is 16.6 Å². The zero-order valence-electron chi connectivity index (χ0n) is 19.8. The van der Waals surface area contributed by atoms with Crippen LogP contribution in [0.1, 0.15) is 35.6 Å². The first kappa shape index (κ1) is 21.4. The summed E-state index contributed by atoms with van der Waals surface area (Å²) in [5, 5.41) is 0.916. The number of imidazole rings is 1. The second kappa shape index (κ2) is 8.91. The van der Waals surface area contributed by atoms with Crippen molar-refractivity contribution in [3.05, 3.63) is 89.9 Å². The van der Waals surface area contributed by atoms with Gasteiger partial charge in [-0.3, -0.25) is 4.40 Å². The predicted molar refractivity (Wildman–Crippen MR) is 139 cm³/mol. The summed E-state index contributed by atoms with van der Waals surface area (Å²) in [5.74, 6) is 2.74. The third-order valence-corrected chi connectivity index (χ3v) is 6.99. The van der Waals surface area contributed by atoms with Gasteiger partial charge < -0.3 is 15.4 Å². The monoisotopic (exact) mass is 464 g/mol. The van der Waals surface area contributed by atoms with Crippen LogP contribution in [0.2, 0.25) is 0 Å². The van der Waals surface area contributed by atoms with Gasteiger partial charge in [0, 0.05) is 42.9 Å². The minimum atomic E-state index is 0.394. The number of nitrogens with zero attached hydrogens (tertiary/aromatic N) is 5. The molecule has 0 radical (unpaired) electrons. The molecule has 5 aromatic rings. The number of nitrogens with two attached hydrogens (primary N) is 1. The van der Waals surface area contributed by atoms with Gasteiger partial charge in [0.1, 0.15) is 22.7 Å². The van der Waals surface area contributed by atoms with Crippen LogP contribution < -0.4 is 15.4 Å². The smallest absolute Gasteiger partial charge is 0.206 e. The van der Waals surface area contributed by atoms with Crippen LogP contribution in [0.15, 0.2) is 73.1 Å². The van der Waals surface area contributed by atoms with Crippen LogP contribution in [0.5, 0.6) is 5.75 Å². The van der Waals surface area contributed by atoms with Crippen LogP contribution in [0, 0.1) is 0 Å². The first-order chi connectivity index (χ1) is 17.2. The van der Waals surface area contributed by atoms with Crippen molar-refractivity contribution >= 4 is 28.3 Å². The predicted octanol–water partition coefficient (Wildman–Crippen LogP) is 4.84. The minimum absolute atomic E-state index is 0.394. The summed E-state index contributed by atoms with van der Waals surface area (Å²) in [6.07, 6.45) is 6.80. The Kier molecular flexibility index (Phi) is 5.45. The van der Waals surface area contributed by atoms with Crippen LogP contribution in [-0.2, 0) is 6.42 Å². The quantitative estimate of drug-likeness (QED) is 0.401. The lowest BCUT2D eigenvalue weighted by molar-refractivity contribution is 0.419. The highest BCUT2D eigenvalue weighted by Crippen LogP contribution is 2.32. The van der Waals surface area contributed by atoms with Crippen LogP contribution in [0.3, 0.4) is 0 Å². The molecule has 35 heavy (non-hydrogen) atoms. The second-order valence-corrected chi connectivity index (χ2v) is 9.09. The molecule has 1 saturated heterocycles. The van der Waals surface area contributed by atoms with E-state index in [1.165, 1.54) is 11.1 Å². The van der Waals surface area contributed by atoms with E-state index in [0.717, 1.165) is 54.0 Å². The molecule has 0 unspecified atom stereocenters. The van der Waals surface area contributed by atoms with Gasteiger partial charge in [-0.2, -0.15) is 0 Å². The maximum absolute atomic E-state index is 6.30. The fraction of sp³-hybridized carbons (Fsp3) is 0.250. The topological polar surface area (TPSA) is 81.6 Å². The third kappa shape index (κ3) is 3.93. The molecule has 1 aliphatic rings. The zero-order valence-corrected chi connectivity index (χ0v) is 19.8. The van der Waals surface area contributed by atoms with Crippen molar-refractivity contribution in [3.8, 4) is 5.75 Å². The van der Waals surface area contributed by atoms with Crippen LogP contribution in [-0.4, -0.2) is 39.6 Å². The van der Waals surface area contributed by atoms with Gasteiger partial charge in [0.25, 0.3) is 0 Å². The van der Waals surface area contributed by atoms with Gasteiger partial charge >= 0.3 is 0 Å². The van der Waals surface area contributed by atoms with Gasteiger partial charge in [-0.25, -0.2) is 15.0 Å². The number of aromatic nitrogens is 4. The highest BCUT2D eigenvalue weighted by atomic mass is 16.5. The summed E-state index contributed by atoms with van der Waals surface area (Å²) >= 11 is 0. The van der Waals surface area contributed by atoms with Crippen molar-refractivity contribution in [2.75, 3.05) is 30.8 Å². The summed E-state index contributed by atoms with van der Waals surface area (Å²) < 4.78 is 7.34. The molecule has 0 amide bonds. The van der Waals surface area contributed by atoms with Gasteiger partial charge in [-0.15, -0.1) is 0 Å². The highest BCUT2D eigenvalue weighted by molar-refractivity contribution is 5.96. The fourth-order valence-electron chi connectivity index (χ4n) is 5.23. The Morgan fingerprint density at radius 2 is 1.80 bits per heavy atom. The lowest BCUT2D eigenvalue weighted by Gasteiger charge is -2.34. The Bertz CT molecular complexity index is 1490. The minimum Gasteiger partial charge on any atom is -0.494 e. The van der Waals surface area contributed by atoms with Gasteiger partial charge in [0.2, 0.25) is 5.95 Å². The number of nitrogen functional groups attached to an aromatic ring is 1. The molecule has 1 aliphatic heterocycles. The zero-order chi connectivity index (χ0) is 23.8. The molecular formula is C28H28N6O. The first-order valence-electron chi connectivity index (χ1n) is 12.0. The number of anilines is 2. The maximum Gasteiger partial charge on any atom is 0.206 e. The Morgan fingerprint density at radius 3 is 2.60 bits per heavy atom. The Balaban J connectivity index is 1.29. The van der Waals surface area contributed by atoms with E-state index in [9.17, 15) is 0 Å². The number of hydrogen-bond donors (Lipinski definition) is 1. The Hall–Kier alpha value is -4.13. The lowest BCUT2D eigenvalue weighted by Crippen LogP contribution is -2.34. The van der Waals surface area contributed by atoms with Gasteiger partial charge in [-0.05, 0) is 42.5 Å². The van der Waals surface area contributed by atoms with E-state index in [1.54, 1.807) is 7.11 Å². The number of methoxy groups -OCH3 is 1. The van der Waals surface area contributed by atoms with E-state index in [4.69, 9.17) is 20.4 Å². The third-order valence-electron chi connectivity index (χ3n) is 6.99. The standard InChI is InChI=1S/C28H28N6O/c1-35-24-11-5-10-23-25(24)32-28(29)34-18-22(31-27(23)34)17-21-9-6-14-30-26(21)33-15-12-20(13-16-33)19-7-3-2-4-8-19/h2-11,14,18,20H,12-13,15-17H2,1H3,(H2,29,32). The lowest BCUT2D eigenvalue weighted by atomic mass is 9.89. The molecule has 1 fully saturated rings. The number of rotatable bonds is 5. The maximum atomic E-state index is 6.30. The van der Waals surface area contributed by atoms with Crippen molar-refractivity contribution in [2.24, 2.45) is 0 Å². The molecular weight excluding hydrogens is 436 g/mol. The molecule has 0 saturated carbocycles. The van der Waals surface area contributed by atoms with Gasteiger partial charge in [-0.1, -0.05) is 42.5 Å². The molecule has 176 valence electrons. The average molecular weight is 465 g/mol. The molecule has 0 aliphatic carbocycles. The number of ether oxygens (including phenoxy) is 1. The molecule has 7 nitrogen and oxygen atoms in total. The first-order valence-corrected chi connectivity index (χ1v) is 12.0. The largest absolute Gasteiger partial charge is 0.494 e. The number of fused-ring (bicyclic) bond motifs is 3. The summed E-state index contributed by atoms with van der Waals surface area (Å²) in [6.45, 7) is 1.99. The number of piperidine rings is 1. The highest BCUT2D eigenvalue weighted by Gasteiger charge is 2.23. The van der Waals surface area contributed by atoms with E-state index < -0.39 is 0 Å². The Labute approximate surface area is 204 Å². The van der Waals surface area contributed by atoms with Crippen molar-refractivity contribution in [3.63, 3.8) is 0 Å². The van der Waals surface area contributed by atoms with E-state index in [2.05, 4.69) is 46.3 Å². The molecule has 7 heteroatoms. The van der Waals surface area contributed by atoms with Crippen molar-refractivity contribution in [2.45, 2.75) is 25.2 Å². The molecule has 3 aromatic heterocycles. The summed E-state index contributed by atoms with van der Waals surface area (Å²) in [5.41, 5.74) is 11.3. The summed E-state index contributed by atoms with van der Waals surface area (Å²) in [6, 6.07) is 20.8. The number of para-hydroxylation sites is 1. The van der Waals surface area contributed by atoms with Crippen LogP contribution in [0.4, 0.5) is 11.8 Å². The van der Waals surface area contributed by atoms with Crippen LogP contribution >= 0.6 is 0 Å². The van der Waals surface area contributed by atoms with E-state index in [0.29, 0.717) is 24.0 Å². The number of hydrogen-bond acceptors (Lipinski definition) is 6. The van der Waals surface area contributed by atoms with Crippen molar-refractivity contribution in [1.29, 1.82) is 0 Å². The fourth-order valence-corrected chi connectivity index (χ4v) is 5.23. The van der Waals surface area contributed by atoms with E-state index >= 15 is 0 Å². The average Bonchev–Trinajstić information content (AvgIpc) is 3.34. The summed E-state index contributed by atoms with van der Waals surface area (Å²) in [7, 11) is 1.64. The number of benzene rings is 2. The molecule has 0 bridgehead atoms. The normalized spacial score (nSPS) is 14.6. The molecule has 2 N–H and O–H groups in total. The van der Waals surface area contributed by atoms with E-state index in [1.807, 2.05) is 41.1 Å². The Morgan fingerprint density at radius 1 is 0.971 bits per heavy atom. The molecule has 0 atom stereocenters. The van der Waals surface area contributed by atoms with E-state index in [-0.39, 0.29) is 0 Å². The SMILES string of the molecule is COc1cccc2c1nc(N)n1cc(Cc3cccnc3N3CCC(c4ccccc4)CC3)nc21. The van der Waals surface area contributed by atoms with Gasteiger partial charge in [0.15, 0.2) is 0 Å². The van der Waals surface area contributed by atoms with Crippen molar-refractivity contribution < 1.29 is 4.74 Å². The molecule has 4 heterocycles. The summed E-state index contributed by atoms with van der Waals surface area (Å²) in [4.78, 5) is 16.7. The molecule has 2 aromatic carbocycles. The number of pyridine rings is 1. The second-order valence-electron chi connectivity index (χ2n) is 9.09. The molecule has 0 spiro atoms. The molecule has 6 rings (SSSR count).